The lowest BCUT2D eigenvalue weighted by atomic mass is 9.95. The Hall–Kier alpha value is -2.00. The lowest BCUT2D eigenvalue weighted by Gasteiger charge is -2.18. The van der Waals surface area contributed by atoms with Crippen molar-refractivity contribution >= 4 is 10.8 Å². The number of unbranched alkanes of at least 4 members (excludes halogenated alkanes) is 1. The van der Waals surface area contributed by atoms with E-state index in [9.17, 15) is 0 Å². The van der Waals surface area contributed by atoms with Gasteiger partial charge in [0.1, 0.15) is 11.5 Å². The normalized spacial score (nSPS) is 11.8. The fraction of sp³-hybridized carbons (Fsp3) is 0.429. The number of ether oxygens (including phenoxy) is 2. The van der Waals surface area contributed by atoms with Crippen molar-refractivity contribution < 1.29 is 14.6 Å². The Labute approximate surface area is 144 Å². The van der Waals surface area contributed by atoms with Crippen LogP contribution in [-0.2, 0) is 6.42 Å². The molecule has 0 heterocycles. The summed E-state index contributed by atoms with van der Waals surface area (Å²) in [5.74, 6) is 1.86. The van der Waals surface area contributed by atoms with Crippen LogP contribution in [0.2, 0.25) is 0 Å². The van der Waals surface area contributed by atoms with Crippen molar-refractivity contribution in [1.29, 1.82) is 0 Å². The Balaban J connectivity index is 2.42. The predicted octanol–water partition coefficient (Wildman–Crippen LogP) is 4.82. The molecule has 0 aliphatic carbocycles. The molecule has 0 aliphatic heterocycles. The van der Waals surface area contributed by atoms with Gasteiger partial charge in [-0.2, -0.15) is 0 Å². The first-order chi connectivity index (χ1) is 11.6. The summed E-state index contributed by atoms with van der Waals surface area (Å²) in [6.07, 6.45) is 5.98. The molecule has 0 unspecified atom stereocenters. The van der Waals surface area contributed by atoms with Crippen LogP contribution >= 0.6 is 0 Å². The number of hydrogen-bond acceptors (Lipinski definition) is 3. The second-order valence-corrected chi connectivity index (χ2v) is 6.15. The van der Waals surface area contributed by atoms with Gasteiger partial charge in [0, 0.05) is 22.9 Å². The first-order valence-corrected chi connectivity index (χ1v) is 8.52. The van der Waals surface area contributed by atoms with Crippen LogP contribution in [0.3, 0.4) is 0 Å². The van der Waals surface area contributed by atoms with E-state index in [4.69, 9.17) is 14.6 Å². The molecule has 3 nitrogen and oxygen atoms in total. The summed E-state index contributed by atoms with van der Waals surface area (Å²) in [5.41, 5.74) is 3.65. The molecule has 2 aromatic rings. The van der Waals surface area contributed by atoms with Gasteiger partial charge >= 0.3 is 0 Å². The van der Waals surface area contributed by atoms with Crippen LogP contribution in [0.4, 0.5) is 0 Å². The number of benzene rings is 2. The van der Waals surface area contributed by atoms with Gasteiger partial charge in [-0.05, 0) is 45.1 Å². The smallest absolute Gasteiger partial charge is 0.130 e. The van der Waals surface area contributed by atoms with E-state index in [2.05, 4.69) is 32.1 Å². The van der Waals surface area contributed by atoms with Crippen molar-refractivity contribution in [3.05, 3.63) is 47.0 Å². The maximum Gasteiger partial charge on any atom is 0.130 e. The monoisotopic (exact) mass is 328 g/mol. The minimum atomic E-state index is 0.266. The quantitative estimate of drug-likeness (QED) is 0.558. The first kappa shape index (κ1) is 18.3. The van der Waals surface area contributed by atoms with Crippen LogP contribution in [0.5, 0.6) is 11.5 Å². The van der Waals surface area contributed by atoms with Crippen LogP contribution in [-0.4, -0.2) is 25.9 Å². The predicted molar refractivity (Wildman–Crippen MR) is 100 cm³/mol. The number of allylic oxidation sites excluding steroid dienone is 2. The Morgan fingerprint density at radius 3 is 2.25 bits per heavy atom. The van der Waals surface area contributed by atoms with Gasteiger partial charge in [0.15, 0.2) is 0 Å². The van der Waals surface area contributed by atoms with E-state index < -0.39 is 0 Å². The van der Waals surface area contributed by atoms with E-state index in [1.807, 2.05) is 12.1 Å². The number of rotatable bonds is 8. The average Bonchev–Trinajstić information content (AvgIpc) is 2.60. The van der Waals surface area contributed by atoms with E-state index in [1.54, 1.807) is 14.2 Å². The number of aliphatic hydroxyl groups is 1. The van der Waals surface area contributed by atoms with Crippen LogP contribution in [0.25, 0.3) is 10.8 Å². The van der Waals surface area contributed by atoms with Gasteiger partial charge in [-0.3, -0.25) is 0 Å². The molecule has 0 atom stereocenters. The second-order valence-electron chi connectivity index (χ2n) is 6.15. The Bertz CT molecular complexity index is 717. The third-order valence-corrected chi connectivity index (χ3v) is 4.53. The highest BCUT2D eigenvalue weighted by atomic mass is 16.5. The third kappa shape index (κ3) is 3.90. The molecule has 0 amide bonds. The number of hydrogen-bond donors (Lipinski definition) is 1. The average molecular weight is 328 g/mol. The standard InChI is InChI=1S/C21H28O3/c1-15(9-7-8-14-22)12-13-17-16(2)20(23-3)18-10-5-6-11-19(18)21(17)24-4/h5-6,10-12,22H,7-9,13-14H2,1-4H3. The highest BCUT2D eigenvalue weighted by Crippen LogP contribution is 2.40. The zero-order valence-corrected chi connectivity index (χ0v) is 15.2. The summed E-state index contributed by atoms with van der Waals surface area (Å²) in [5, 5.41) is 11.1. The van der Waals surface area contributed by atoms with Gasteiger partial charge in [0.05, 0.1) is 14.2 Å². The maximum atomic E-state index is 8.90. The Morgan fingerprint density at radius 2 is 1.67 bits per heavy atom. The van der Waals surface area contributed by atoms with Crippen molar-refractivity contribution in [2.45, 2.75) is 39.5 Å². The van der Waals surface area contributed by atoms with E-state index in [0.717, 1.165) is 53.5 Å². The summed E-state index contributed by atoms with van der Waals surface area (Å²) in [6.45, 7) is 4.51. The van der Waals surface area contributed by atoms with Gasteiger partial charge in [-0.1, -0.05) is 35.9 Å². The van der Waals surface area contributed by atoms with Crippen LogP contribution in [0.15, 0.2) is 35.9 Å². The molecule has 0 spiro atoms. The molecule has 0 aliphatic rings. The van der Waals surface area contributed by atoms with Gasteiger partial charge in [0.25, 0.3) is 0 Å². The van der Waals surface area contributed by atoms with Crippen molar-refractivity contribution in [3.63, 3.8) is 0 Å². The fourth-order valence-electron chi connectivity index (χ4n) is 3.19. The van der Waals surface area contributed by atoms with Crippen LogP contribution in [0, 0.1) is 6.92 Å². The minimum absolute atomic E-state index is 0.266. The van der Waals surface area contributed by atoms with Gasteiger partial charge in [-0.15, -0.1) is 0 Å². The lowest BCUT2D eigenvalue weighted by Crippen LogP contribution is -2.00. The summed E-state index contributed by atoms with van der Waals surface area (Å²) < 4.78 is 11.4. The van der Waals surface area contributed by atoms with Crippen molar-refractivity contribution in [2.75, 3.05) is 20.8 Å². The maximum absolute atomic E-state index is 8.90. The molecule has 0 bridgehead atoms. The number of aliphatic hydroxyl groups excluding tert-OH is 1. The SMILES string of the molecule is COc1c(C)c(CC=C(C)CCCCO)c(OC)c2ccccc12. The zero-order chi connectivity index (χ0) is 17.5. The van der Waals surface area contributed by atoms with E-state index in [0.29, 0.717) is 0 Å². The molecule has 0 radical (unpaired) electrons. The molecule has 2 aromatic carbocycles. The summed E-state index contributed by atoms with van der Waals surface area (Å²) in [4.78, 5) is 0. The summed E-state index contributed by atoms with van der Waals surface area (Å²) >= 11 is 0. The molecule has 0 saturated carbocycles. The van der Waals surface area contributed by atoms with E-state index >= 15 is 0 Å². The molecule has 130 valence electrons. The molecular formula is C21H28O3. The third-order valence-electron chi connectivity index (χ3n) is 4.53. The number of methoxy groups -OCH3 is 2. The molecule has 3 heteroatoms. The molecule has 24 heavy (non-hydrogen) atoms. The van der Waals surface area contributed by atoms with Crippen molar-refractivity contribution in [1.82, 2.24) is 0 Å². The van der Waals surface area contributed by atoms with Gasteiger partial charge in [-0.25, -0.2) is 0 Å². The van der Waals surface area contributed by atoms with E-state index in [-0.39, 0.29) is 6.61 Å². The molecular weight excluding hydrogens is 300 g/mol. The zero-order valence-electron chi connectivity index (χ0n) is 15.2. The molecule has 0 fully saturated rings. The summed E-state index contributed by atoms with van der Waals surface area (Å²) in [6, 6.07) is 8.20. The van der Waals surface area contributed by atoms with Crippen LogP contribution in [0.1, 0.15) is 37.3 Å². The highest BCUT2D eigenvalue weighted by Gasteiger charge is 2.17. The molecule has 0 saturated heterocycles. The molecule has 2 rings (SSSR count). The topological polar surface area (TPSA) is 38.7 Å². The first-order valence-electron chi connectivity index (χ1n) is 8.52. The van der Waals surface area contributed by atoms with Gasteiger partial charge in [0.2, 0.25) is 0 Å². The van der Waals surface area contributed by atoms with Crippen LogP contribution < -0.4 is 9.47 Å². The molecule has 0 aromatic heterocycles. The summed E-state index contributed by atoms with van der Waals surface area (Å²) in [7, 11) is 3.45. The van der Waals surface area contributed by atoms with E-state index in [1.165, 1.54) is 11.1 Å². The second kappa shape index (κ2) is 8.74. The Morgan fingerprint density at radius 1 is 1.04 bits per heavy atom. The van der Waals surface area contributed by atoms with Crippen molar-refractivity contribution in [3.8, 4) is 11.5 Å². The Kier molecular flexibility index (Phi) is 6.68. The largest absolute Gasteiger partial charge is 0.496 e. The highest BCUT2D eigenvalue weighted by molar-refractivity contribution is 5.96. The number of fused-ring (bicyclic) bond motifs is 1. The lowest BCUT2D eigenvalue weighted by molar-refractivity contribution is 0.284. The minimum Gasteiger partial charge on any atom is -0.496 e. The fourth-order valence-corrected chi connectivity index (χ4v) is 3.19. The molecule has 1 N–H and O–H groups in total. The van der Waals surface area contributed by atoms with Gasteiger partial charge < -0.3 is 14.6 Å². The van der Waals surface area contributed by atoms with Crippen molar-refractivity contribution in [2.24, 2.45) is 0 Å².